The zero-order valence-electron chi connectivity index (χ0n) is 10.6. The average molecular weight is 313 g/mol. The van der Waals surface area contributed by atoms with Crippen LogP contribution in [-0.4, -0.2) is 15.1 Å². The van der Waals surface area contributed by atoms with E-state index in [1.807, 2.05) is 0 Å². The van der Waals surface area contributed by atoms with Crippen molar-refractivity contribution in [2.24, 2.45) is 0 Å². The fourth-order valence-electron chi connectivity index (χ4n) is 1.81. The number of hydrogen-bond donors (Lipinski definition) is 3. The summed E-state index contributed by atoms with van der Waals surface area (Å²) in [5.41, 5.74) is 7.20. The van der Waals surface area contributed by atoms with Gasteiger partial charge in [0, 0.05) is 0 Å². The van der Waals surface area contributed by atoms with Crippen molar-refractivity contribution in [3.8, 4) is 23.1 Å². The molecule has 0 atom stereocenters. The molecule has 10 heteroatoms. The average Bonchev–Trinajstić information content (AvgIpc) is 2.36. The van der Waals surface area contributed by atoms with Gasteiger partial charge in [-0.05, 0) is 12.1 Å². The number of benzene rings is 1. The summed E-state index contributed by atoms with van der Waals surface area (Å²) < 4.78 is 52.3. The molecule has 0 bridgehead atoms. The van der Waals surface area contributed by atoms with Gasteiger partial charge < -0.3 is 16.6 Å². The van der Waals surface area contributed by atoms with Gasteiger partial charge in [0.1, 0.15) is 34.7 Å². The van der Waals surface area contributed by atoms with Gasteiger partial charge in [-0.3, -0.25) is 0 Å². The first-order valence-electron chi connectivity index (χ1n) is 5.59. The molecule has 0 radical (unpaired) electrons. The van der Waals surface area contributed by atoms with Crippen molar-refractivity contribution in [2.75, 3.05) is 11.5 Å². The lowest BCUT2D eigenvalue weighted by Crippen LogP contribution is -2.09. The van der Waals surface area contributed by atoms with Crippen LogP contribution in [0, 0.1) is 17.1 Å². The van der Waals surface area contributed by atoms with Crippen LogP contribution in [-0.2, 0) is 6.18 Å². The standard InChI is InChI=1S/C12H7F4N5O/c13-6-2-1-5(12(14,15)16)9(22)7(6)8-4(3-17)10(18)21-11(19)20-8/h1-2,22H,(H4,18,19,20,21). The molecule has 1 heterocycles. The third kappa shape index (κ3) is 2.44. The van der Waals surface area contributed by atoms with Crippen LogP contribution < -0.4 is 11.5 Å². The van der Waals surface area contributed by atoms with Crippen molar-refractivity contribution >= 4 is 11.8 Å². The predicted octanol–water partition coefficient (Wildman–Crippen LogP) is 2.04. The summed E-state index contributed by atoms with van der Waals surface area (Å²) in [5.74, 6) is -3.56. The molecule has 0 aliphatic rings. The SMILES string of the molecule is N#Cc1c(N)nc(N)nc1-c1c(F)ccc(C(F)(F)F)c1O. The first-order valence-corrected chi connectivity index (χ1v) is 5.59. The van der Waals surface area contributed by atoms with E-state index in [9.17, 15) is 22.7 Å². The van der Waals surface area contributed by atoms with E-state index < -0.39 is 51.9 Å². The van der Waals surface area contributed by atoms with E-state index >= 15 is 0 Å². The number of phenols is 1. The summed E-state index contributed by atoms with van der Waals surface area (Å²) >= 11 is 0. The number of nitrogens with two attached hydrogens (primary N) is 2. The molecule has 2 rings (SSSR count). The maximum atomic E-state index is 13.9. The maximum absolute atomic E-state index is 13.9. The van der Waals surface area contributed by atoms with Gasteiger partial charge in [-0.1, -0.05) is 0 Å². The Labute approximate surface area is 120 Å². The van der Waals surface area contributed by atoms with E-state index in [0.29, 0.717) is 12.1 Å². The largest absolute Gasteiger partial charge is 0.506 e. The third-order valence-electron chi connectivity index (χ3n) is 2.74. The molecular weight excluding hydrogens is 306 g/mol. The highest BCUT2D eigenvalue weighted by Gasteiger charge is 2.36. The number of rotatable bonds is 1. The molecule has 1 aromatic carbocycles. The molecule has 0 aliphatic carbocycles. The van der Waals surface area contributed by atoms with Crippen molar-refractivity contribution < 1.29 is 22.7 Å². The van der Waals surface area contributed by atoms with Crippen LogP contribution in [0.1, 0.15) is 11.1 Å². The Morgan fingerprint density at radius 1 is 1.18 bits per heavy atom. The smallest absolute Gasteiger partial charge is 0.419 e. The Hall–Kier alpha value is -3.09. The maximum Gasteiger partial charge on any atom is 0.419 e. The quantitative estimate of drug-likeness (QED) is 0.693. The van der Waals surface area contributed by atoms with Gasteiger partial charge >= 0.3 is 6.18 Å². The second-order valence-corrected chi connectivity index (χ2v) is 4.12. The molecule has 0 fully saturated rings. The number of nitriles is 1. The number of nitrogen functional groups attached to an aromatic ring is 2. The Morgan fingerprint density at radius 2 is 1.82 bits per heavy atom. The summed E-state index contributed by atoms with van der Waals surface area (Å²) in [6.45, 7) is 0. The minimum Gasteiger partial charge on any atom is -0.506 e. The molecule has 2 aromatic rings. The van der Waals surface area contributed by atoms with Crippen LogP contribution in [0.2, 0.25) is 0 Å². The van der Waals surface area contributed by atoms with Crippen LogP contribution in [0.25, 0.3) is 11.3 Å². The number of aromatic hydroxyl groups is 1. The molecule has 0 aliphatic heterocycles. The second-order valence-electron chi connectivity index (χ2n) is 4.12. The van der Waals surface area contributed by atoms with E-state index in [4.69, 9.17) is 16.7 Å². The lowest BCUT2D eigenvalue weighted by atomic mass is 10.0. The Bertz CT molecular complexity index is 798. The van der Waals surface area contributed by atoms with Crippen LogP contribution in [0.15, 0.2) is 12.1 Å². The van der Waals surface area contributed by atoms with E-state index in [1.54, 1.807) is 0 Å². The molecule has 0 saturated heterocycles. The van der Waals surface area contributed by atoms with Crippen LogP contribution in [0.4, 0.5) is 29.3 Å². The number of aromatic nitrogens is 2. The fraction of sp³-hybridized carbons (Fsp3) is 0.0833. The van der Waals surface area contributed by atoms with Crippen molar-refractivity contribution in [3.05, 3.63) is 29.1 Å². The van der Waals surface area contributed by atoms with Crippen LogP contribution in [0.5, 0.6) is 5.75 Å². The molecule has 22 heavy (non-hydrogen) atoms. The highest BCUT2D eigenvalue weighted by molar-refractivity contribution is 5.78. The van der Waals surface area contributed by atoms with Crippen molar-refractivity contribution in [3.63, 3.8) is 0 Å². The van der Waals surface area contributed by atoms with Gasteiger partial charge in [0.2, 0.25) is 5.95 Å². The van der Waals surface area contributed by atoms with Gasteiger partial charge in [0.15, 0.2) is 0 Å². The summed E-state index contributed by atoms with van der Waals surface area (Å²) in [4.78, 5) is 6.97. The van der Waals surface area contributed by atoms with E-state index in [-0.39, 0.29) is 0 Å². The fourth-order valence-corrected chi connectivity index (χ4v) is 1.81. The third-order valence-corrected chi connectivity index (χ3v) is 2.74. The minimum absolute atomic E-state index is 0.369. The normalized spacial score (nSPS) is 11.2. The Morgan fingerprint density at radius 3 is 2.36 bits per heavy atom. The predicted molar refractivity (Wildman–Crippen MR) is 67.6 cm³/mol. The lowest BCUT2D eigenvalue weighted by Gasteiger charge is -2.14. The van der Waals surface area contributed by atoms with Crippen LogP contribution in [0.3, 0.4) is 0 Å². The van der Waals surface area contributed by atoms with Gasteiger partial charge in [0.25, 0.3) is 0 Å². The topological polar surface area (TPSA) is 122 Å². The van der Waals surface area contributed by atoms with Crippen molar-refractivity contribution in [1.29, 1.82) is 5.26 Å². The first kappa shape index (κ1) is 15.3. The number of phenolic OH excluding ortho intramolecular Hbond substituents is 1. The molecule has 0 saturated carbocycles. The van der Waals surface area contributed by atoms with Crippen molar-refractivity contribution in [1.82, 2.24) is 9.97 Å². The molecule has 114 valence electrons. The lowest BCUT2D eigenvalue weighted by molar-refractivity contribution is -0.138. The molecule has 0 spiro atoms. The summed E-state index contributed by atoms with van der Waals surface area (Å²) in [5, 5.41) is 18.7. The summed E-state index contributed by atoms with van der Waals surface area (Å²) in [6, 6.07) is 2.40. The number of hydrogen-bond acceptors (Lipinski definition) is 6. The van der Waals surface area contributed by atoms with E-state index in [0.717, 1.165) is 0 Å². The summed E-state index contributed by atoms with van der Waals surface area (Å²) in [7, 11) is 0. The molecule has 0 amide bonds. The van der Waals surface area contributed by atoms with Gasteiger partial charge in [-0.25, -0.2) is 9.37 Å². The number of alkyl halides is 3. The molecule has 5 N–H and O–H groups in total. The van der Waals surface area contributed by atoms with Gasteiger partial charge in [-0.2, -0.15) is 23.4 Å². The Kier molecular flexibility index (Phi) is 3.50. The van der Waals surface area contributed by atoms with Gasteiger partial charge in [-0.15, -0.1) is 0 Å². The van der Waals surface area contributed by atoms with E-state index in [1.165, 1.54) is 6.07 Å². The minimum atomic E-state index is -4.93. The molecule has 0 unspecified atom stereocenters. The van der Waals surface area contributed by atoms with E-state index in [2.05, 4.69) is 9.97 Å². The van der Waals surface area contributed by atoms with Crippen molar-refractivity contribution in [2.45, 2.75) is 6.18 Å². The highest BCUT2D eigenvalue weighted by atomic mass is 19.4. The molecular formula is C12H7F4N5O. The first-order chi connectivity index (χ1) is 10.2. The Balaban J connectivity index is 2.88. The highest BCUT2D eigenvalue weighted by Crippen LogP contribution is 2.43. The zero-order valence-corrected chi connectivity index (χ0v) is 10.6. The molecule has 1 aromatic heterocycles. The molecule has 6 nitrogen and oxygen atoms in total. The number of anilines is 2. The second kappa shape index (κ2) is 5.03. The monoisotopic (exact) mass is 313 g/mol. The zero-order chi connectivity index (χ0) is 16.7. The summed E-state index contributed by atoms with van der Waals surface area (Å²) in [6.07, 6.45) is -4.93. The number of nitrogens with zero attached hydrogens (tertiary/aromatic N) is 3. The number of halogens is 4. The van der Waals surface area contributed by atoms with Gasteiger partial charge in [0.05, 0.1) is 11.1 Å². The van der Waals surface area contributed by atoms with Crippen LogP contribution >= 0.6 is 0 Å².